The maximum atomic E-state index is 13.0. The van der Waals surface area contributed by atoms with Crippen LogP contribution >= 0.6 is 0 Å². The van der Waals surface area contributed by atoms with Crippen molar-refractivity contribution in [2.24, 2.45) is 11.7 Å². The Morgan fingerprint density at radius 3 is 2.63 bits per heavy atom. The lowest BCUT2D eigenvalue weighted by molar-refractivity contribution is -0.145. The third-order valence-corrected chi connectivity index (χ3v) is 5.63. The molecule has 7 N–H and O–H groups in total. The SMILES string of the molecule is C[C@@H]1CCc2cc(NC(=N)N)ccc2C(=O)Oc2cccc(C(=O)N[C@@H](CC(=O)O)C(=O)O)c2C1. The van der Waals surface area contributed by atoms with Crippen LogP contribution in [0.1, 0.15) is 51.6 Å². The second kappa shape index (κ2) is 10.7. The predicted molar refractivity (Wildman–Crippen MR) is 126 cm³/mol. The van der Waals surface area contributed by atoms with E-state index in [4.69, 9.17) is 21.0 Å². The Labute approximate surface area is 200 Å². The molecule has 0 spiro atoms. The van der Waals surface area contributed by atoms with Crippen LogP contribution in [-0.4, -0.2) is 46.0 Å². The van der Waals surface area contributed by atoms with Gasteiger partial charge >= 0.3 is 17.9 Å². The largest absolute Gasteiger partial charge is 0.481 e. The fourth-order valence-corrected chi connectivity index (χ4v) is 3.94. The number of fused-ring (bicyclic) bond motifs is 2. The summed E-state index contributed by atoms with van der Waals surface area (Å²) in [5, 5.41) is 30.6. The first-order valence-corrected chi connectivity index (χ1v) is 10.9. The minimum absolute atomic E-state index is 0.0473. The number of nitrogens with one attached hydrogen (secondary N) is 3. The van der Waals surface area contributed by atoms with Crippen molar-refractivity contribution in [3.05, 3.63) is 58.7 Å². The highest BCUT2D eigenvalue weighted by Crippen LogP contribution is 2.31. The molecule has 2 aromatic carbocycles. The molecule has 1 heterocycles. The van der Waals surface area contributed by atoms with Gasteiger partial charge in [-0.1, -0.05) is 13.0 Å². The molecule has 2 atom stereocenters. The van der Waals surface area contributed by atoms with Gasteiger partial charge in [-0.2, -0.15) is 0 Å². The zero-order valence-electron chi connectivity index (χ0n) is 19.0. The number of carboxylic acid groups (broad SMARTS) is 2. The van der Waals surface area contributed by atoms with Crippen LogP contribution in [0.5, 0.6) is 5.75 Å². The quantitative estimate of drug-likeness (QED) is 0.155. The lowest BCUT2D eigenvalue weighted by Gasteiger charge is -2.22. The Kier molecular flexibility index (Phi) is 7.69. The number of ether oxygens (including phenoxy) is 1. The van der Waals surface area contributed by atoms with Gasteiger partial charge in [0, 0.05) is 16.8 Å². The van der Waals surface area contributed by atoms with Gasteiger partial charge in [-0.15, -0.1) is 0 Å². The molecule has 11 nitrogen and oxygen atoms in total. The van der Waals surface area contributed by atoms with E-state index in [2.05, 4.69) is 10.6 Å². The Balaban J connectivity index is 1.96. The number of guanidine groups is 1. The molecule has 0 unspecified atom stereocenters. The number of anilines is 1. The van der Waals surface area contributed by atoms with Gasteiger partial charge in [0.05, 0.1) is 12.0 Å². The first-order chi connectivity index (χ1) is 16.5. The molecule has 0 radical (unpaired) electrons. The minimum Gasteiger partial charge on any atom is -0.481 e. The van der Waals surface area contributed by atoms with Crippen LogP contribution in [0.25, 0.3) is 0 Å². The second-order valence-corrected chi connectivity index (χ2v) is 8.39. The molecule has 1 amide bonds. The van der Waals surface area contributed by atoms with E-state index < -0.39 is 36.3 Å². The average molecular weight is 482 g/mol. The number of amides is 1. The van der Waals surface area contributed by atoms with Crippen LogP contribution < -0.4 is 21.1 Å². The number of carboxylic acids is 2. The number of aryl methyl sites for hydroxylation is 1. The number of nitrogens with two attached hydrogens (primary N) is 1. The van der Waals surface area contributed by atoms with Crippen LogP contribution in [0, 0.1) is 11.3 Å². The molecule has 0 bridgehead atoms. The number of aliphatic carboxylic acids is 2. The number of benzene rings is 2. The van der Waals surface area contributed by atoms with Crippen molar-refractivity contribution in [1.82, 2.24) is 5.32 Å². The zero-order chi connectivity index (χ0) is 25.7. The van der Waals surface area contributed by atoms with Crippen molar-refractivity contribution in [1.29, 1.82) is 5.41 Å². The zero-order valence-corrected chi connectivity index (χ0v) is 19.0. The molecule has 0 saturated heterocycles. The Hall–Kier alpha value is -4.41. The number of hydrogen-bond acceptors (Lipinski definition) is 6. The van der Waals surface area contributed by atoms with Crippen molar-refractivity contribution >= 4 is 35.5 Å². The summed E-state index contributed by atoms with van der Waals surface area (Å²) in [4.78, 5) is 48.3. The summed E-state index contributed by atoms with van der Waals surface area (Å²) in [6.07, 6.45) is 0.778. The Bertz CT molecular complexity index is 1190. The summed E-state index contributed by atoms with van der Waals surface area (Å²) in [6, 6.07) is 7.85. The van der Waals surface area contributed by atoms with E-state index in [9.17, 15) is 24.3 Å². The van der Waals surface area contributed by atoms with Crippen molar-refractivity contribution < 1.29 is 34.1 Å². The summed E-state index contributed by atoms with van der Waals surface area (Å²) in [7, 11) is 0. The highest BCUT2D eigenvalue weighted by atomic mass is 16.5. The van der Waals surface area contributed by atoms with Gasteiger partial charge in [-0.3, -0.25) is 15.0 Å². The molecule has 0 aromatic heterocycles. The van der Waals surface area contributed by atoms with Crippen LogP contribution in [-0.2, 0) is 22.4 Å². The van der Waals surface area contributed by atoms with Crippen LogP contribution in [0.2, 0.25) is 0 Å². The van der Waals surface area contributed by atoms with Crippen molar-refractivity contribution in [2.45, 2.75) is 38.6 Å². The molecule has 0 aliphatic carbocycles. The summed E-state index contributed by atoms with van der Waals surface area (Å²) in [5.41, 5.74) is 7.58. The van der Waals surface area contributed by atoms with Crippen LogP contribution in [0.15, 0.2) is 36.4 Å². The molecular weight excluding hydrogens is 456 g/mol. The van der Waals surface area contributed by atoms with Gasteiger partial charge in [-0.05, 0) is 61.1 Å². The summed E-state index contributed by atoms with van der Waals surface area (Å²) < 4.78 is 5.66. The first kappa shape index (κ1) is 25.2. The summed E-state index contributed by atoms with van der Waals surface area (Å²) >= 11 is 0. The van der Waals surface area contributed by atoms with E-state index in [1.54, 1.807) is 24.3 Å². The lowest BCUT2D eigenvalue weighted by Crippen LogP contribution is -2.42. The molecule has 11 heteroatoms. The van der Waals surface area contributed by atoms with E-state index in [0.29, 0.717) is 36.1 Å². The first-order valence-electron chi connectivity index (χ1n) is 10.9. The smallest absolute Gasteiger partial charge is 0.343 e. The van der Waals surface area contributed by atoms with E-state index in [1.807, 2.05) is 6.92 Å². The molecule has 3 rings (SSSR count). The minimum atomic E-state index is -1.61. The van der Waals surface area contributed by atoms with Gasteiger partial charge < -0.3 is 31.3 Å². The molecule has 1 aliphatic rings. The maximum Gasteiger partial charge on any atom is 0.343 e. The molecular formula is C24H26N4O7. The van der Waals surface area contributed by atoms with Crippen molar-refractivity contribution in [3.8, 4) is 5.75 Å². The fourth-order valence-electron chi connectivity index (χ4n) is 3.94. The molecule has 0 saturated carbocycles. The Morgan fingerprint density at radius 1 is 1.23 bits per heavy atom. The number of hydrogen-bond donors (Lipinski definition) is 6. The lowest BCUT2D eigenvalue weighted by atomic mass is 9.89. The normalized spacial score (nSPS) is 16.0. The second-order valence-electron chi connectivity index (χ2n) is 8.39. The number of rotatable bonds is 6. The van der Waals surface area contributed by atoms with Crippen LogP contribution in [0.3, 0.4) is 0 Å². The van der Waals surface area contributed by atoms with E-state index in [-0.39, 0.29) is 23.2 Å². The number of carbonyl (C=O) groups excluding carboxylic acids is 2. The van der Waals surface area contributed by atoms with Gasteiger partial charge in [-0.25, -0.2) is 9.59 Å². The van der Waals surface area contributed by atoms with E-state index in [1.165, 1.54) is 12.1 Å². The number of carbonyl (C=O) groups is 4. The third kappa shape index (κ3) is 6.34. The van der Waals surface area contributed by atoms with Gasteiger partial charge in [0.1, 0.15) is 11.8 Å². The highest BCUT2D eigenvalue weighted by molar-refractivity contribution is 6.00. The van der Waals surface area contributed by atoms with E-state index in [0.717, 1.165) is 5.56 Å². The molecule has 2 aromatic rings. The summed E-state index contributed by atoms with van der Waals surface area (Å²) in [5.74, 6) is -4.24. The topological polar surface area (TPSA) is 192 Å². The fraction of sp³-hybridized carbons (Fsp3) is 0.292. The third-order valence-electron chi connectivity index (χ3n) is 5.63. The molecule has 35 heavy (non-hydrogen) atoms. The van der Waals surface area contributed by atoms with Gasteiger partial charge in [0.25, 0.3) is 5.91 Å². The summed E-state index contributed by atoms with van der Waals surface area (Å²) in [6.45, 7) is 1.98. The predicted octanol–water partition coefficient (Wildman–Crippen LogP) is 1.99. The van der Waals surface area contributed by atoms with Crippen LogP contribution in [0.4, 0.5) is 5.69 Å². The monoisotopic (exact) mass is 482 g/mol. The highest BCUT2D eigenvalue weighted by Gasteiger charge is 2.27. The van der Waals surface area contributed by atoms with Crippen molar-refractivity contribution in [2.75, 3.05) is 5.32 Å². The average Bonchev–Trinajstić information content (AvgIpc) is 2.77. The molecule has 184 valence electrons. The van der Waals surface area contributed by atoms with Gasteiger partial charge in [0.2, 0.25) is 0 Å². The van der Waals surface area contributed by atoms with E-state index >= 15 is 0 Å². The maximum absolute atomic E-state index is 13.0. The molecule has 0 fully saturated rings. The van der Waals surface area contributed by atoms with Gasteiger partial charge in [0.15, 0.2) is 5.96 Å². The number of esters is 1. The standard InChI is InChI=1S/C24H26N4O7/c1-12-5-6-13-10-14(27-24(25)26)7-8-15(13)23(34)35-19-4-2-3-16(17(19)9-12)21(31)28-18(22(32)33)11-20(29)30/h2-4,7-8,10,12,18H,5-6,9,11H2,1H3,(H,28,31)(H,29,30)(H,32,33)(H4,25,26,27)/t12-,18+/m1/s1. The van der Waals surface area contributed by atoms with Crippen molar-refractivity contribution in [3.63, 3.8) is 0 Å². The Morgan fingerprint density at radius 2 is 1.97 bits per heavy atom. The molecule has 1 aliphatic heterocycles.